The first-order chi connectivity index (χ1) is 9.38. The minimum Gasteiger partial charge on any atom is -0.486 e. The molecule has 0 aliphatic heterocycles. The smallest absolute Gasteiger partial charge is 0.416 e. The van der Waals surface area contributed by atoms with Gasteiger partial charge in [-0.05, 0) is 30.3 Å². The maximum Gasteiger partial charge on any atom is 0.416 e. The summed E-state index contributed by atoms with van der Waals surface area (Å²) in [7, 11) is 0. The number of hydrogen-bond acceptors (Lipinski definition) is 3. The van der Waals surface area contributed by atoms with E-state index >= 15 is 0 Å². The van der Waals surface area contributed by atoms with Gasteiger partial charge in [0.05, 0.1) is 11.8 Å². The number of aromatic carboxylic acids is 1. The van der Waals surface area contributed by atoms with Gasteiger partial charge in [-0.25, -0.2) is 4.79 Å². The van der Waals surface area contributed by atoms with Gasteiger partial charge < -0.3 is 14.3 Å². The van der Waals surface area contributed by atoms with E-state index in [0.29, 0.717) is 0 Å². The Morgan fingerprint density at radius 2 is 1.85 bits per heavy atom. The molecule has 1 N–H and O–H groups in total. The van der Waals surface area contributed by atoms with Crippen LogP contribution in [-0.2, 0) is 12.8 Å². The molecule has 1 heterocycles. The second-order valence-corrected chi connectivity index (χ2v) is 3.87. The summed E-state index contributed by atoms with van der Waals surface area (Å²) in [5.74, 6) is -0.882. The van der Waals surface area contributed by atoms with Crippen molar-refractivity contribution in [3.05, 3.63) is 53.5 Å². The first kappa shape index (κ1) is 14.0. The van der Waals surface area contributed by atoms with E-state index in [2.05, 4.69) is 0 Å². The van der Waals surface area contributed by atoms with E-state index in [9.17, 15) is 18.0 Å². The topological polar surface area (TPSA) is 59.7 Å². The van der Waals surface area contributed by atoms with E-state index in [1.807, 2.05) is 0 Å². The van der Waals surface area contributed by atoms with Crippen molar-refractivity contribution in [2.45, 2.75) is 12.8 Å². The summed E-state index contributed by atoms with van der Waals surface area (Å²) in [5, 5.41) is 8.84. The minimum absolute atomic E-state index is 0.0445. The van der Waals surface area contributed by atoms with Gasteiger partial charge in [-0.1, -0.05) is 0 Å². The lowest BCUT2D eigenvalue weighted by atomic mass is 10.2. The average Bonchev–Trinajstić information content (AvgIpc) is 2.84. The number of furan rings is 1. The zero-order valence-electron chi connectivity index (χ0n) is 9.98. The van der Waals surface area contributed by atoms with Crippen molar-refractivity contribution >= 4 is 5.97 Å². The van der Waals surface area contributed by atoms with Crippen LogP contribution in [0.1, 0.15) is 21.7 Å². The normalized spacial score (nSPS) is 11.3. The van der Waals surface area contributed by atoms with Gasteiger partial charge in [-0.15, -0.1) is 0 Å². The van der Waals surface area contributed by atoms with Crippen LogP contribution in [0.3, 0.4) is 0 Å². The zero-order valence-corrected chi connectivity index (χ0v) is 9.98. The Morgan fingerprint density at radius 3 is 2.40 bits per heavy atom. The van der Waals surface area contributed by atoms with Crippen molar-refractivity contribution in [1.82, 2.24) is 0 Å². The molecule has 4 nitrogen and oxygen atoms in total. The third-order valence-corrected chi connectivity index (χ3v) is 2.53. The lowest BCUT2D eigenvalue weighted by molar-refractivity contribution is -0.137. The number of benzene rings is 1. The monoisotopic (exact) mass is 286 g/mol. The Morgan fingerprint density at radius 1 is 1.20 bits per heavy atom. The molecule has 0 aliphatic carbocycles. The quantitative estimate of drug-likeness (QED) is 0.933. The number of halogens is 3. The first-order valence-corrected chi connectivity index (χ1v) is 5.47. The third kappa shape index (κ3) is 3.11. The van der Waals surface area contributed by atoms with Crippen LogP contribution >= 0.6 is 0 Å². The van der Waals surface area contributed by atoms with Gasteiger partial charge in [0.15, 0.2) is 5.76 Å². The highest BCUT2D eigenvalue weighted by atomic mass is 19.4. The summed E-state index contributed by atoms with van der Waals surface area (Å²) in [4.78, 5) is 10.8. The minimum atomic E-state index is -4.41. The van der Waals surface area contributed by atoms with Crippen LogP contribution in [0.4, 0.5) is 13.2 Å². The van der Waals surface area contributed by atoms with E-state index in [4.69, 9.17) is 14.3 Å². The first-order valence-electron chi connectivity index (χ1n) is 5.47. The van der Waals surface area contributed by atoms with Crippen molar-refractivity contribution in [1.29, 1.82) is 0 Å². The molecule has 0 amide bonds. The highest BCUT2D eigenvalue weighted by Crippen LogP contribution is 2.30. The molecule has 0 spiro atoms. The Bertz CT molecular complexity index is 599. The standard InChI is InChI=1S/C13H9F3O4/c14-13(15,16)8-1-3-9(4-2-8)20-7-11-10(12(17)18)5-6-19-11/h1-6H,7H2,(H,17,18). The van der Waals surface area contributed by atoms with E-state index in [1.54, 1.807) is 0 Å². The molecule has 0 radical (unpaired) electrons. The Balaban J connectivity index is 2.04. The molecule has 0 fully saturated rings. The van der Waals surface area contributed by atoms with E-state index in [0.717, 1.165) is 24.3 Å². The molecule has 0 bridgehead atoms. The van der Waals surface area contributed by atoms with Crippen molar-refractivity contribution < 1.29 is 32.2 Å². The van der Waals surface area contributed by atoms with Crippen molar-refractivity contribution in [2.24, 2.45) is 0 Å². The molecule has 0 atom stereocenters. The van der Waals surface area contributed by atoms with Gasteiger partial charge >= 0.3 is 12.1 Å². The fourth-order valence-electron chi connectivity index (χ4n) is 1.53. The van der Waals surface area contributed by atoms with Gasteiger partial charge in [-0.2, -0.15) is 13.2 Å². The van der Waals surface area contributed by atoms with E-state index in [1.165, 1.54) is 12.3 Å². The number of ether oxygens (including phenoxy) is 1. The summed E-state index contributed by atoms with van der Waals surface area (Å²) >= 11 is 0. The van der Waals surface area contributed by atoms with Crippen LogP contribution in [0.15, 0.2) is 41.0 Å². The molecule has 0 aliphatic rings. The van der Waals surface area contributed by atoms with Gasteiger partial charge in [0.1, 0.15) is 17.9 Å². The number of rotatable bonds is 4. The van der Waals surface area contributed by atoms with Crippen molar-refractivity contribution in [3.63, 3.8) is 0 Å². The molecular weight excluding hydrogens is 277 g/mol. The van der Waals surface area contributed by atoms with Crippen molar-refractivity contribution in [2.75, 3.05) is 0 Å². The van der Waals surface area contributed by atoms with Crippen molar-refractivity contribution in [3.8, 4) is 5.75 Å². The van der Waals surface area contributed by atoms with Crippen LogP contribution in [-0.4, -0.2) is 11.1 Å². The van der Waals surface area contributed by atoms with Crippen LogP contribution in [0.5, 0.6) is 5.75 Å². The maximum absolute atomic E-state index is 12.3. The Kier molecular flexibility index (Phi) is 3.69. The van der Waals surface area contributed by atoms with Crippen LogP contribution in [0.2, 0.25) is 0 Å². The summed E-state index contributed by atoms with van der Waals surface area (Å²) in [5.41, 5.74) is -0.828. The summed E-state index contributed by atoms with van der Waals surface area (Å²) in [6.07, 6.45) is -3.20. The molecule has 20 heavy (non-hydrogen) atoms. The Hall–Kier alpha value is -2.44. The molecule has 1 aromatic heterocycles. The summed E-state index contributed by atoms with van der Waals surface area (Å²) in [6, 6.07) is 5.36. The van der Waals surface area contributed by atoms with Gasteiger partial charge in [0.2, 0.25) is 0 Å². The summed E-state index contributed by atoms with van der Waals surface area (Å²) in [6.45, 7) is -0.181. The molecule has 2 aromatic rings. The molecule has 106 valence electrons. The maximum atomic E-state index is 12.3. The van der Waals surface area contributed by atoms with Crippen LogP contribution in [0.25, 0.3) is 0 Å². The number of hydrogen-bond donors (Lipinski definition) is 1. The van der Waals surface area contributed by atoms with E-state index < -0.39 is 17.7 Å². The molecule has 0 unspecified atom stereocenters. The molecular formula is C13H9F3O4. The SMILES string of the molecule is O=C(O)c1ccoc1COc1ccc(C(F)(F)F)cc1. The second kappa shape index (κ2) is 5.28. The van der Waals surface area contributed by atoms with Gasteiger partial charge in [-0.3, -0.25) is 0 Å². The number of alkyl halides is 3. The van der Waals surface area contributed by atoms with Crippen LogP contribution in [0, 0.1) is 0 Å². The van der Waals surface area contributed by atoms with Gasteiger partial charge in [0.25, 0.3) is 0 Å². The van der Waals surface area contributed by atoms with E-state index in [-0.39, 0.29) is 23.7 Å². The largest absolute Gasteiger partial charge is 0.486 e. The molecule has 2 rings (SSSR count). The lowest BCUT2D eigenvalue weighted by Gasteiger charge is -2.08. The number of carboxylic acids is 1. The average molecular weight is 286 g/mol. The molecule has 1 aromatic carbocycles. The fraction of sp³-hybridized carbons (Fsp3) is 0.154. The molecule has 0 saturated carbocycles. The predicted octanol–water partition coefficient (Wildman–Crippen LogP) is 3.58. The highest BCUT2D eigenvalue weighted by molar-refractivity contribution is 5.88. The molecule has 0 saturated heterocycles. The predicted molar refractivity (Wildman–Crippen MR) is 61.4 cm³/mol. The summed E-state index contributed by atoms with van der Waals surface area (Å²) < 4.78 is 47.2. The number of carboxylic acid groups (broad SMARTS) is 1. The number of carbonyl (C=O) groups is 1. The third-order valence-electron chi connectivity index (χ3n) is 2.53. The Labute approximate surface area is 111 Å². The highest BCUT2D eigenvalue weighted by Gasteiger charge is 2.30. The lowest BCUT2D eigenvalue weighted by Crippen LogP contribution is -2.05. The second-order valence-electron chi connectivity index (χ2n) is 3.87. The fourth-order valence-corrected chi connectivity index (χ4v) is 1.53. The zero-order chi connectivity index (χ0) is 14.8. The van der Waals surface area contributed by atoms with Crippen LogP contribution < -0.4 is 4.74 Å². The molecule has 7 heteroatoms. The van der Waals surface area contributed by atoms with Gasteiger partial charge in [0, 0.05) is 0 Å².